The summed E-state index contributed by atoms with van der Waals surface area (Å²) in [7, 11) is 0. The maximum absolute atomic E-state index is 11.7. The van der Waals surface area contributed by atoms with Crippen molar-refractivity contribution in [3.63, 3.8) is 0 Å². The van der Waals surface area contributed by atoms with Gasteiger partial charge in [0, 0.05) is 11.6 Å². The van der Waals surface area contributed by atoms with E-state index in [1.54, 1.807) is 0 Å². The van der Waals surface area contributed by atoms with Crippen LogP contribution in [0, 0.1) is 24.0 Å². The third-order valence-corrected chi connectivity index (χ3v) is 3.34. The molecule has 0 atom stereocenters. The number of phenols is 1. The molecule has 25 heavy (non-hydrogen) atoms. The van der Waals surface area contributed by atoms with Gasteiger partial charge >= 0.3 is 5.69 Å². The summed E-state index contributed by atoms with van der Waals surface area (Å²) in [5.41, 5.74) is 3.84. The van der Waals surface area contributed by atoms with Crippen LogP contribution < -0.4 is 10.2 Å². The first-order valence-electron chi connectivity index (χ1n) is 7.37. The molecule has 1 amide bonds. The highest BCUT2D eigenvalue weighted by atomic mass is 16.6. The van der Waals surface area contributed by atoms with Crippen LogP contribution >= 0.6 is 0 Å². The summed E-state index contributed by atoms with van der Waals surface area (Å²) in [6.45, 7) is 3.56. The van der Waals surface area contributed by atoms with E-state index >= 15 is 0 Å². The summed E-state index contributed by atoms with van der Waals surface area (Å²) in [4.78, 5) is 21.8. The zero-order valence-electron chi connectivity index (χ0n) is 13.7. The molecule has 0 bridgehead atoms. The lowest BCUT2D eigenvalue weighted by Gasteiger charge is -2.08. The van der Waals surface area contributed by atoms with Crippen LogP contribution in [0.4, 0.5) is 5.69 Å². The van der Waals surface area contributed by atoms with Crippen molar-refractivity contribution >= 4 is 17.8 Å². The van der Waals surface area contributed by atoms with E-state index in [-0.39, 0.29) is 12.2 Å². The van der Waals surface area contributed by atoms with Gasteiger partial charge in [-0.2, -0.15) is 5.10 Å². The fourth-order valence-electron chi connectivity index (χ4n) is 2.01. The molecule has 2 aromatic rings. The number of hydrogen-bond acceptors (Lipinski definition) is 6. The Morgan fingerprint density at radius 2 is 2.12 bits per heavy atom. The third-order valence-electron chi connectivity index (χ3n) is 3.34. The van der Waals surface area contributed by atoms with Crippen molar-refractivity contribution in [2.75, 3.05) is 6.61 Å². The fraction of sp³-hybridized carbons (Fsp3) is 0.176. The lowest BCUT2D eigenvalue weighted by Crippen LogP contribution is -2.24. The number of phenolic OH excluding ortho intramolecular Hbond substituents is 1. The highest BCUT2D eigenvalue weighted by Gasteiger charge is 2.15. The molecule has 130 valence electrons. The van der Waals surface area contributed by atoms with Gasteiger partial charge in [-0.3, -0.25) is 14.9 Å². The Labute approximate surface area is 143 Å². The van der Waals surface area contributed by atoms with Crippen LogP contribution in [0.5, 0.6) is 11.5 Å². The predicted molar refractivity (Wildman–Crippen MR) is 91.9 cm³/mol. The number of nitrogens with zero attached hydrogens (tertiary/aromatic N) is 2. The van der Waals surface area contributed by atoms with E-state index in [9.17, 15) is 20.0 Å². The zero-order valence-corrected chi connectivity index (χ0v) is 13.7. The van der Waals surface area contributed by atoms with Gasteiger partial charge in [0.15, 0.2) is 6.61 Å². The number of rotatable bonds is 6. The minimum absolute atomic E-state index is 0.116. The van der Waals surface area contributed by atoms with Gasteiger partial charge in [0.05, 0.1) is 11.1 Å². The number of nitro groups is 1. The van der Waals surface area contributed by atoms with E-state index in [0.29, 0.717) is 5.75 Å². The van der Waals surface area contributed by atoms with Gasteiger partial charge in [-0.15, -0.1) is 0 Å². The van der Waals surface area contributed by atoms with Crippen LogP contribution in [0.3, 0.4) is 0 Å². The highest BCUT2D eigenvalue weighted by Crippen LogP contribution is 2.27. The predicted octanol–water partition coefficient (Wildman–Crippen LogP) is 2.45. The van der Waals surface area contributed by atoms with E-state index in [1.807, 2.05) is 32.0 Å². The Hall–Kier alpha value is -3.42. The zero-order chi connectivity index (χ0) is 18.4. The maximum atomic E-state index is 11.7. The Kier molecular flexibility index (Phi) is 5.67. The van der Waals surface area contributed by atoms with Crippen LogP contribution in [0.2, 0.25) is 0 Å². The average Bonchev–Trinajstić information content (AvgIpc) is 2.57. The number of carbonyl (C=O) groups excluding carboxylic acids is 1. The van der Waals surface area contributed by atoms with Gasteiger partial charge in [0.25, 0.3) is 5.91 Å². The minimum Gasteiger partial charge on any atom is -0.502 e. The van der Waals surface area contributed by atoms with E-state index in [1.165, 1.54) is 18.2 Å². The number of amides is 1. The first-order chi connectivity index (χ1) is 11.9. The average molecular weight is 343 g/mol. The summed E-state index contributed by atoms with van der Waals surface area (Å²) >= 11 is 0. The number of aryl methyl sites for hydroxylation is 2. The number of carbonyl (C=O) groups is 1. The van der Waals surface area contributed by atoms with Crippen LogP contribution in [-0.4, -0.2) is 28.8 Å². The van der Waals surface area contributed by atoms with Gasteiger partial charge in [-0.25, -0.2) is 5.43 Å². The molecule has 0 spiro atoms. The molecular formula is C17H17N3O5. The van der Waals surface area contributed by atoms with Crippen LogP contribution in [0.1, 0.15) is 16.7 Å². The van der Waals surface area contributed by atoms with Crippen molar-refractivity contribution in [3.05, 3.63) is 63.2 Å². The summed E-state index contributed by atoms with van der Waals surface area (Å²) in [6.07, 6.45) is 1.12. The molecule has 0 aliphatic carbocycles. The second kappa shape index (κ2) is 7.91. The highest BCUT2D eigenvalue weighted by molar-refractivity contribution is 5.87. The smallest absolute Gasteiger partial charge is 0.311 e. The Morgan fingerprint density at radius 1 is 1.36 bits per heavy atom. The Balaban J connectivity index is 1.94. The van der Waals surface area contributed by atoms with Crippen molar-refractivity contribution in [3.8, 4) is 11.5 Å². The first kappa shape index (κ1) is 17.9. The molecule has 0 unspecified atom stereocenters. The van der Waals surface area contributed by atoms with Crippen LogP contribution in [0.15, 0.2) is 41.5 Å². The number of nitrogens with one attached hydrogen (secondary N) is 1. The molecule has 8 heteroatoms. The van der Waals surface area contributed by atoms with Crippen molar-refractivity contribution < 1.29 is 19.6 Å². The number of benzene rings is 2. The van der Waals surface area contributed by atoms with Crippen molar-refractivity contribution in [1.29, 1.82) is 0 Å². The molecular weight excluding hydrogens is 326 g/mol. The Morgan fingerprint density at radius 3 is 2.84 bits per heavy atom. The van der Waals surface area contributed by atoms with Crippen molar-refractivity contribution in [2.24, 2.45) is 5.10 Å². The monoisotopic (exact) mass is 343 g/mol. The minimum atomic E-state index is -0.705. The molecule has 0 heterocycles. The van der Waals surface area contributed by atoms with Crippen LogP contribution in [-0.2, 0) is 4.79 Å². The molecule has 2 aromatic carbocycles. The lowest BCUT2D eigenvalue weighted by atomic mass is 10.1. The molecule has 0 aromatic heterocycles. The van der Waals surface area contributed by atoms with E-state index in [0.717, 1.165) is 17.3 Å². The van der Waals surface area contributed by atoms with E-state index in [4.69, 9.17) is 4.74 Å². The molecule has 0 saturated carbocycles. The van der Waals surface area contributed by atoms with E-state index in [2.05, 4.69) is 10.5 Å². The standard InChI is InChI=1S/C17H17N3O5/c1-11-6-7-12(2)15(8-11)25-10-16(21)19-18-9-13-4-3-5-14(17(13)22)20(23)24/h3-9,22H,10H2,1-2H3,(H,19,21)/b18-9+. The molecule has 0 aliphatic heterocycles. The van der Waals surface area contributed by atoms with Crippen LogP contribution in [0.25, 0.3) is 0 Å². The molecule has 2 rings (SSSR count). The number of aromatic hydroxyl groups is 1. The molecule has 0 saturated heterocycles. The molecule has 0 fully saturated rings. The van der Waals surface area contributed by atoms with E-state index < -0.39 is 22.3 Å². The van der Waals surface area contributed by atoms with Gasteiger partial charge in [0.2, 0.25) is 5.75 Å². The summed E-state index contributed by atoms with van der Waals surface area (Å²) in [6, 6.07) is 9.68. The second-order valence-electron chi connectivity index (χ2n) is 5.32. The number of hydrogen-bond donors (Lipinski definition) is 2. The number of para-hydroxylation sites is 1. The van der Waals surface area contributed by atoms with Gasteiger partial charge in [0.1, 0.15) is 5.75 Å². The number of nitro benzene ring substituents is 1. The quantitative estimate of drug-likeness (QED) is 0.475. The molecule has 0 aliphatic rings. The maximum Gasteiger partial charge on any atom is 0.311 e. The first-order valence-corrected chi connectivity index (χ1v) is 7.37. The largest absolute Gasteiger partial charge is 0.502 e. The second-order valence-corrected chi connectivity index (χ2v) is 5.32. The number of hydrazone groups is 1. The molecule has 0 radical (unpaired) electrons. The van der Waals surface area contributed by atoms with Crippen molar-refractivity contribution in [1.82, 2.24) is 5.43 Å². The van der Waals surface area contributed by atoms with Crippen molar-refractivity contribution in [2.45, 2.75) is 13.8 Å². The molecule has 8 nitrogen and oxygen atoms in total. The van der Waals surface area contributed by atoms with Gasteiger partial charge in [-0.05, 0) is 37.1 Å². The van der Waals surface area contributed by atoms with Gasteiger partial charge in [-0.1, -0.05) is 18.2 Å². The summed E-state index contributed by atoms with van der Waals surface area (Å²) < 4.78 is 5.43. The normalized spacial score (nSPS) is 10.6. The fourth-order valence-corrected chi connectivity index (χ4v) is 2.01. The van der Waals surface area contributed by atoms with Gasteiger partial charge < -0.3 is 9.84 Å². The molecule has 2 N–H and O–H groups in total. The summed E-state index contributed by atoms with van der Waals surface area (Å²) in [5, 5.41) is 24.2. The SMILES string of the molecule is Cc1ccc(C)c(OCC(=O)N/N=C/c2cccc([N+](=O)[O-])c2O)c1. The number of ether oxygens (including phenoxy) is 1. The summed E-state index contributed by atoms with van der Waals surface area (Å²) in [5.74, 6) is -0.408. The topological polar surface area (TPSA) is 114 Å². The third kappa shape index (κ3) is 4.77. The Bertz CT molecular complexity index is 833. The lowest BCUT2D eigenvalue weighted by molar-refractivity contribution is -0.385.